The Kier molecular flexibility index (Phi) is 10.5. The molecule has 0 bridgehead atoms. The van der Waals surface area contributed by atoms with Crippen LogP contribution >= 0.6 is 11.6 Å². The fraction of sp³-hybridized carbons (Fsp3) is 0.425. The summed E-state index contributed by atoms with van der Waals surface area (Å²) < 4.78 is 54.6. The summed E-state index contributed by atoms with van der Waals surface area (Å²) in [6.45, 7) is 2.23. The van der Waals surface area contributed by atoms with E-state index in [2.05, 4.69) is 20.9 Å². The number of rotatable bonds is 14. The maximum atomic E-state index is 14.5. The maximum absolute atomic E-state index is 14.5. The minimum atomic E-state index is -4.74. The normalized spacial score (nSPS) is 21.3. The second kappa shape index (κ2) is 15.0. The summed E-state index contributed by atoms with van der Waals surface area (Å²) in [5.74, 6) is -0.997. The van der Waals surface area contributed by atoms with Crippen LogP contribution in [0.15, 0.2) is 54.6 Å². The number of aliphatic carboxylic acids is 1. The van der Waals surface area contributed by atoms with Gasteiger partial charge in [-0.3, -0.25) is 10.1 Å². The summed E-state index contributed by atoms with van der Waals surface area (Å²) in [5.41, 5.74) is 4.21. The van der Waals surface area contributed by atoms with E-state index in [4.69, 9.17) is 26.1 Å². The highest BCUT2D eigenvalue weighted by atomic mass is 35.5. The van der Waals surface area contributed by atoms with Crippen molar-refractivity contribution in [3.63, 3.8) is 0 Å². The molecular weight excluding hydrogens is 723 g/mol. The number of halogens is 4. The van der Waals surface area contributed by atoms with Gasteiger partial charge >= 0.3 is 12.1 Å². The number of fused-ring (bicyclic) bond motifs is 1. The summed E-state index contributed by atoms with van der Waals surface area (Å²) in [6, 6.07) is 15.2. The fourth-order valence-electron chi connectivity index (χ4n) is 7.76. The van der Waals surface area contributed by atoms with E-state index >= 15 is 0 Å². The van der Waals surface area contributed by atoms with Gasteiger partial charge in [0.1, 0.15) is 11.9 Å². The topological polar surface area (TPSA) is 138 Å². The van der Waals surface area contributed by atoms with Gasteiger partial charge in [0.25, 0.3) is 0 Å². The van der Waals surface area contributed by atoms with Crippen molar-refractivity contribution in [3.8, 4) is 34.1 Å². The fourth-order valence-corrected chi connectivity index (χ4v) is 8.09. The second-order valence-electron chi connectivity index (χ2n) is 14.7. The molecule has 54 heavy (non-hydrogen) atoms. The Morgan fingerprint density at radius 1 is 0.963 bits per heavy atom. The number of methoxy groups -OCH3 is 2. The van der Waals surface area contributed by atoms with Crippen molar-refractivity contribution in [1.82, 2.24) is 20.6 Å². The monoisotopic (exact) mass is 765 g/mol. The first-order valence-electron chi connectivity index (χ1n) is 18.0. The quantitative estimate of drug-likeness (QED) is 0.0875. The van der Waals surface area contributed by atoms with Crippen molar-refractivity contribution < 1.29 is 37.7 Å². The van der Waals surface area contributed by atoms with E-state index in [9.17, 15) is 28.2 Å². The lowest BCUT2D eigenvalue weighted by molar-refractivity contribution is -0.140. The SMILES string of the molecule is COc1nc(-c2cccc(-c3cccc4c3CC[C@@H]4Nc3nc(OC)c(CN[C@H](C(=O)O)C4CC4)cc3C(F)(F)F)c2Cl)ccc1CN[C@H]1C[C@](C)(O)C1. The van der Waals surface area contributed by atoms with Gasteiger partial charge in [-0.1, -0.05) is 54.1 Å². The number of nitrogens with one attached hydrogen (secondary N) is 3. The smallest absolute Gasteiger partial charge is 0.419 e. The number of alkyl halides is 3. The van der Waals surface area contributed by atoms with Crippen molar-refractivity contribution in [2.75, 3.05) is 19.5 Å². The molecule has 0 unspecified atom stereocenters. The highest BCUT2D eigenvalue weighted by Gasteiger charge is 2.40. The van der Waals surface area contributed by atoms with Crippen molar-refractivity contribution in [3.05, 3.63) is 87.4 Å². The molecule has 7 rings (SSSR count). The van der Waals surface area contributed by atoms with Crippen LogP contribution in [0.25, 0.3) is 22.4 Å². The standard InChI is InChI=1S/C40H43ClF3N5O5/c1-39(52)17-24(18-39)45-19-22-12-14-32(48-36(22)53-2)29-9-5-8-28(33(29)41)25-6-4-7-27-26(25)13-15-31(27)47-35-30(40(42,43)44)16-23(37(49-35)54-3)20-46-34(38(50)51)21-10-11-21/h4-9,12,14,16,21,24,31,34,45-46,52H,10-11,13,15,17-20H2,1-3H3,(H,47,49)(H,50,51)/t24-,31-,34-,39-/m0/s1. The third kappa shape index (κ3) is 7.86. The highest BCUT2D eigenvalue weighted by Crippen LogP contribution is 2.45. The minimum Gasteiger partial charge on any atom is -0.481 e. The molecule has 4 aromatic rings. The van der Waals surface area contributed by atoms with Crippen LogP contribution in [-0.4, -0.2) is 58.1 Å². The first kappa shape index (κ1) is 37.9. The van der Waals surface area contributed by atoms with E-state index in [-0.39, 0.29) is 35.8 Å². The second-order valence-corrected chi connectivity index (χ2v) is 15.1. The summed E-state index contributed by atoms with van der Waals surface area (Å²) in [5, 5.41) is 29.5. The predicted molar refractivity (Wildman–Crippen MR) is 199 cm³/mol. The Labute approximate surface area is 316 Å². The van der Waals surface area contributed by atoms with Crippen LogP contribution in [0, 0.1) is 5.92 Å². The number of ether oxygens (including phenoxy) is 2. The molecule has 10 nitrogen and oxygen atoms in total. The van der Waals surface area contributed by atoms with E-state index in [0.29, 0.717) is 54.4 Å². The number of carboxylic acids is 1. The number of hydrogen-bond acceptors (Lipinski definition) is 9. The molecule has 14 heteroatoms. The van der Waals surface area contributed by atoms with Gasteiger partial charge in [0.2, 0.25) is 11.8 Å². The number of nitrogens with zero attached hydrogens (tertiary/aromatic N) is 2. The average Bonchev–Trinajstić information content (AvgIpc) is 3.88. The average molecular weight is 766 g/mol. The minimum absolute atomic E-state index is 0.0179. The molecule has 2 saturated carbocycles. The number of anilines is 1. The number of benzene rings is 2. The maximum Gasteiger partial charge on any atom is 0.419 e. The number of aliphatic hydroxyl groups is 1. The van der Waals surface area contributed by atoms with E-state index in [1.54, 1.807) is 7.11 Å². The molecular formula is C40H43ClF3N5O5. The van der Waals surface area contributed by atoms with E-state index in [1.165, 1.54) is 7.11 Å². The molecule has 5 N–H and O–H groups in total. The molecule has 2 atom stereocenters. The Balaban J connectivity index is 1.13. The van der Waals surface area contributed by atoms with Crippen LogP contribution < -0.4 is 25.4 Å². The van der Waals surface area contributed by atoms with Gasteiger partial charge in [-0.15, -0.1) is 0 Å². The van der Waals surface area contributed by atoms with Gasteiger partial charge in [0, 0.05) is 41.4 Å². The van der Waals surface area contributed by atoms with Gasteiger partial charge in [0.05, 0.1) is 42.1 Å². The summed E-state index contributed by atoms with van der Waals surface area (Å²) in [7, 11) is 2.90. The zero-order chi connectivity index (χ0) is 38.4. The van der Waals surface area contributed by atoms with Crippen LogP contribution in [0.4, 0.5) is 19.0 Å². The molecule has 0 spiro atoms. The number of carboxylic acid groups (broad SMARTS) is 1. The van der Waals surface area contributed by atoms with Gasteiger partial charge in [0.15, 0.2) is 0 Å². The van der Waals surface area contributed by atoms with E-state index in [1.807, 2.05) is 55.5 Å². The molecule has 3 aliphatic carbocycles. The first-order chi connectivity index (χ1) is 25.8. The number of hydrogen-bond donors (Lipinski definition) is 5. The van der Waals surface area contributed by atoms with E-state index < -0.39 is 35.4 Å². The molecule has 2 aromatic carbocycles. The van der Waals surface area contributed by atoms with E-state index in [0.717, 1.165) is 46.7 Å². The first-order valence-corrected chi connectivity index (χ1v) is 18.4. The Morgan fingerprint density at radius 2 is 1.65 bits per heavy atom. The molecule has 0 aliphatic heterocycles. The lowest BCUT2D eigenvalue weighted by atomic mass is 9.77. The summed E-state index contributed by atoms with van der Waals surface area (Å²) >= 11 is 7.12. The molecule has 286 valence electrons. The summed E-state index contributed by atoms with van der Waals surface area (Å²) in [4.78, 5) is 20.8. The van der Waals surface area contributed by atoms with Crippen molar-refractivity contribution in [2.24, 2.45) is 5.92 Å². The van der Waals surface area contributed by atoms with Crippen molar-refractivity contribution in [2.45, 2.75) is 88.4 Å². The van der Waals surface area contributed by atoms with Gasteiger partial charge in [-0.2, -0.15) is 18.2 Å². The lowest BCUT2D eigenvalue weighted by Gasteiger charge is -2.41. The largest absolute Gasteiger partial charge is 0.481 e. The highest BCUT2D eigenvalue weighted by molar-refractivity contribution is 6.36. The van der Waals surface area contributed by atoms with Crippen LogP contribution in [0.1, 0.15) is 72.9 Å². The molecule has 0 amide bonds. The Bertz CT molecular complexity index is 2050. The van der Waals surface area contributed by atoms with Gasteiger partial charge in [-0.05, 0) is 80.2 Å². The molecule has 2 aromatic heterocycles. The third-order valence-electron chi connectivity index (χ3n) is 10.7. The van der Waals surface area contributed by atoms with Crippen LogP contribution in [0.5, 0.6) is 11.8 Å². The number of pyridine rings is 2. The molecule has 2 fully saturated rings. The number of aromatic nitrogens is 2. The zero-order valence-corrected chi connectivity index (χ0v) is 30.9. The van der Waals surface area contributed by atoms with Gasteiger partial charge < -0.3 is 30.3 Å². The predicted octanol–water partition coefficient (Wildman–Crippen LogP) is 7.56. The lowest BCUT2D eigenvalue weighted by Crippen LogP contribution is -2.51. The van der Waals surface area contributed by atoms with Crippen molar-refractivity contribution >= 4 is 23.4 Å². The van der Waals surface area contributed by atoms with Crippen LogP contribution in [-0.2, 0) is 30.5 Å². The molecule has 0 radical (unpaired) electrons. The van der Waals surface area contributed by atoms with Gasteiger partial charge in [-0.25, -0.2) is 4.98 Å². The number of carbonyl (C=O) groups is 1. The van der Waals surface area contributed by atoms with Crippen molar-refractivity contribution in [1.29, 1.82) is 0 Å². The Hall–Kier alpha value is -4.43. The summed E-state index contributed by atoms with van der Waals surface area (Å²) in [6.07, 6.45) is -0.747. The Morgan fingerprint density at radius 3 is 2.31 bits per heavy atom. The zero-order valence-electron chi connectivity index (χ0n) is 30.2. The molecule has 2 heterocycles. The van der Waals surface area contributed by atoms with Crippen LogP contribution in [0.3, 0.4) is 0 Å². The molecule has 0 saturated heterocycles. The van der Waals surface area contributed by atoms with Crippen LogP contribution in [0.2, 0.25) is 5.02 Å². The third-order valence-corrected chi connectivity index (χ3v) is 11.1. The molecule has 3 aliphatic rings.